The van der Waals surface area contributed by atoms with Gasteiger partial charge in [0.15, 0.2) is 11.6 Å². The topological polar surface area (TPSA) is 185 Å². The first-order chi connectivity index (χ1) is 26.6. The fourth-order valence-corrected chi connectivity index (χ4v) is 7.71. The average molecular weight is 906 g/mol. The van der Waals surface area contributed by atoms with E-state index < -0.39 is 58.9 Å². The summed E-state index contributed by atoms with van der Waals surface area (Å²) >= 11 is 3.10. The standard InChI is InChI=1S/C15H15F3O7S.C8H7BrO.C7H12O3.C7H11O3.Na/c16-15(17,18)26(20,21)25-12-8-24-13-11(7-23-14(12)13)22-6-10(19)9-4-2-1-3-5-9;9-6-8(10)7-4-2-1-3-5-7;2*1-4-2-9-7-5(8)3-10-6(4)7;/h1-5,11-14H,6-8H2;1-5H,6H2;4-8H,2-3H2,1H3;4-7H,2-3H2,1H3;/q;;;-1;+1/t11-,12-,13+,14?;;4-,5-,6?,7?;4-,5-,6?,7+;/m0.00./s1. The number of ketones is 2. The Morgan fingerprint density at radius 3 is 1.70 bits per heavy atom. The van der Waals surface area contributed by atoms with Crippen molar-refractivity contribution in [3.05, 3.63) is 71.8 Å². The molecule has 0 spiro atoms. The molecule has 1 N–H and O–H groups in total. The second-order valence-corrected chi connectivity index (χ2v) is 16.1. The second kappa shape index (κ2) is 21.9. The van der Waals surface area contributed by atoms with Crippen LogP contribution < -0.4 is 34.7 Å². The summed E-state index contributed by atoms with van der Waals surface area (Å²) in [6.07, 6.45) is -4.98. The minimum absolute atomic E-state index is 0. The summed E-state index contributed by atoms with van der Waals surface area (Å²) in [5.41, 5.74) is -4.31. The van der Waals surface area contributed by atoms with Gasteiger partial charge in [-0.3, -0.25) is 13.8 Å². The van der Waals surface area contributed by atoms with E-state index in [0.29, 0.717) is 42.5 Å². The molecule has 6 saturated heterocycles. The van der Waals surface area contributed by atoms with E-state index in [-0.39, 0.29) is 78.8 Å². The minimum Gasteiger partial charge on any atom is -0.848 e. The van der Waals surface area contributed by atoms with Crippen LogP contribution in [-0.4, -0.2) is 143 Å². The van der Waals surface area contributed by atoms with Gasteiger partial charge in [-0.1, -0.05) is 96.5 Å². The number of aliphatic hydroxyl groups excluding tert-OH is 1. The molecule has 312 valence electrons. The molecule has 8 rings (SSSR count). The van der Waals surface area contributed by atoms with Gasteiger partial charge in [-0.25, -0.2) is 0 Å². The number of aliphatic hydroxyl groups is 1. The first-order valence-corrected chi connectivity index (χ1v) is 20.5. The molecule has 12 atom stereocenters. The zero-order valence-electron chi connectivity index (χ0n) is 31.5. The van der Waals surface area contributed by atoms with E-state index in [1.807, 2.05) is 30.3 Å². The number of carbonyl (C=O) groups excluding carboxylic acids is 2. The Morgan fingerprint density at radius 1 is 0.719 bits per heavy atom. The van der Waals surface area contributed by atoms with E-state index in [1.54, 1.807) is 30.3 Å². The van der Waals surface area contributed by atoms with E-state index in [0.717, 1.165) is 12.2 Å². The third-order valence-electron chi connectivity index (χ3n) is 9.77. The number of halogens is 4. The molecule has 6 heterocycles. The van der Waals surface area contributed by atoms with E-state index in [9.17, 15) is 41.4 Å². The zero-order valence-corrected chi connectivity index (χ0v) is 35.9. The Kier molecular flexibility index (Phi) is 18.6. The van der Waals surface area contributed by atoms with Crippen molar-refractivity contribution in [3.63, 3.8) is 0 Å². The van der Waals surface area contributed by atoms with Crippen LogP contribution in [0, 0.1) is 11.8 Å². The van der Waals surface area contributed by atoms with Crippen molar-refractivity contribution in [3.8, 4) is 0 Å². The predicted octanol–water partition coefficient (Wildman–Crippen LogP) is -0.515. The van der Waals surface area contributed by atoms with Crippen molar-refractivity contribution in [2.75, 3.05) is 51.6 Å². The number of Topliss-reactive ketones (excluding diaryl/α,β-unsaturated/α-hetero) is 2. The SMILES string of the molecule is C[C@H]1COC2C1OC[C@@H]2O.C[C@H]1CO[C@H]2C1OC[C@@H]2[O-].O=C(CBr)c1ccccc1.O=C(CO[C@H]1COC2[C@@H](OS(=O)(=O)C(F)(F)F)CO[C@@H]21)c1ccccc1.[Na+]. The van der Waals surface area contributed by atoms with Gasteiger partial charge in [0.2, 0.25) is 0 Å². The van der Waals surface area contributed by atoms with Gasteiger partial charge in [-0.2, -0.15) is 21.6 Å². The quantitative estimate of drug-likeness (QED) is 0.117. The van der Waals surface area contributed by atoms with Crippen molar-refractivity contribution >= 4 is 37.6 Å². The van der Waals surface area contributed by atoms with Crippen LogP contribution in [0.5, 0.6) is 0 Å². The molecule has 0 saturated carbocycles. The molecule has 6 aliphatic heterocycles. The molecule has 0 bridgehead atoms. The molecule has 4 unspecified atom stereocenters. The monoisotopic (exact) mass is 904 g/mol. The molecule has 0 amide bonds. The smallest absolute Gasteiger partial charge is 0.848 e. The fourth-order valence-electron chi connectivity index (χ4n) is 6.79. The number of benzene rings is 2. The molecule has 6 fully saturated rings. The van der Waals surface area contributed by atoms with Gasteiger partial charge in [0.05, 0.1) is 56.7 Å². The van der Waals surface area contributed by atoms with Crippen LogP contribution in [-0.2, 0) is 47.5 Å². The van der Waals surface area contributed by atoms with Gasteiger partial charge in [0.25, 0.3) is 0 Å². The summed E-state index contributed by atoms with van der Waals surface area (Å²) < 4.78 is 101. The van der Waals surface area contributed by atoms with Crippen LogP contribution in [0.4, 0.5) is 13.2 Å². The average Bonchev–Trinajstić information content (AvgIpc) is 4.05. The molecule has 0 radical (unpaired) electrons. The predicted molar refractivity (Wildman–Crippen MR) is 191 cm³/mol. The molecular weight excluding hydrogens is 860 g/mol. The van der Waals surface area contributed by atoms with Crippen LogP contribution in [0.25, 0.3) is 0 Å². The third kappa shape index (κ3) is 12.6. The maximum Gasteiger partial charge on any atom is 1.00 e. The van der Waals surface area contributed by atoms with Gasteiger partial charge in [0, 0.05) is 29.6 Å². The van der Waals surface area contributed by atoms with Crippen LogP contribution in [0.3, 0.4) is 0 Å². The van der Waals surface area contributed by atoms with Gasteiger partial charge in [0.1, 0.15) is 43.2 Å². The Morgan fingerprint density at radius 2 is 1.18 bits per heavy atom. The van der Waals surface area contributed by atoms with Crippen molar-refractivity contribution < 1.29 is 108 Å². The first-order valence-electron chi connectivity index (χ1n) is 18.0. The van der Waals surface area contributed by atoms with E-state index in [4.69, 9.17) is 33.2 Å². The molecule has 2 aromatic rings. The number of hydrogen-bond donors (Lipinski definition) is 1. The summed E-state index contributed by atoms with van der Waals surface area (Å²) in [5, 5.41) is 20.7. The van der Waals surface area contributed by atoms with Gasteiger partial charge in [-0.05, 0) is 0 Å². The van der Waals surface area contributed by atoms with E-state index in [2.05, 4.69) is 34.0 Å². The number of rotatable bonds is 8. The fraction of sp³-hybridized carbons (Fsp3) is 0.622. The first kappa shape index (κ1) is 48.3. The van der Waals surface area contributed by atoms with Gasteiger partial charge < -0.3 is 43.4 Å². The van der Waals surface area contributed by atoms with Crippen molar-refractivity contribution in [1.29, 1.82) is 0 Å². The molecule has 57 heavy (non-hydrogen) atoms. The Hall–Kier alpha value is -1.40. The zero-order chi connectivity index (χ0) is 40.6. The Balaban J connectivity index is 0.000000190. The van der Waals surface area contributed by atoms with E-state index in [1.165, 1.54) is 0 Å². The molecule has 14 nitrogen and oxygen atoms in total. The maximum absolute atomic E-state index is 12.4. The van der Waals surface area contributed by atoms with Crippen molar-refractivity contribution in [2.24, 2.45) is 11.8 Å². The van der Waals surface area contributed by atoms with Crippen molar-refractivity contribution in [2.45, 2.75) is 80.4 Å². The minimum atomic E-state index is -5.75. The summed E-state index contributed by atoms with van der Waals surface area (Å²) in [6, 6.07) is 17.6. The van der Waals surface area contributed by atoms with Gasteiger partial charge in [-0.15, -0.1) is 0 Å². The molecule has 0 aliphatic carbocycles. The van der Waals surface area contributed by atoms with Crippen LogP contribution in [0.15, 0.2) is 60.7 Å². The van der Waals surface area contributed by atoms with Crippen LogP contribution in [0.2, 0.25) is 0 Å². The summed E-state index contributed by atoms with van der Waals surface area (Å²) in [5.74, 6) is 0.700. The van der Waals surface area contributed by atoms with Gasteiger partial charge >= 0.3 is 45.2 Å². The Labute approximate surface area is 359 Å². The summed E-state index contributed by atoms with van der Waals surface area (Å²) in [4.78, 5) is 23.0. The normalized spacial score (nSPS) is 33.5. The Bertz CT molecular complexity index is 1620. The van der Waals surface area contributed by atoms with Crippen LogP contribution >= 0.6 is 15.9 Å². The third-order valence-corrected chi connectivity index (χ3v) is 11.3. The number of ether oxygens (including phenoxy) is 7. The molecule has 20 heteroatoms. The second-order valence-electron chi connectivity index (χ2n) is 13.9. The summed E-state index contributed by atoms with van der Waals surface area (Å²) in [7, 11) is -5.75. The maximum atomic E-state index is 12.4. The molecular formula is C37H45BrF3NaO14S. The van der Waals surface area contributed by atoms with Crippen molar-refractivity contribution in [1.82, 2.24) is 0 Å². The number of alkyl halides is 4. The number of hydrogen-bond acceptors (Lipinski definition) is 14. The van der Waals surface area contributed by atoms with E-state index >= 15 is 0 Å². The molecule has 2 aromatic carbocycles. The largest absolute Gasteiger partial charge is 1.00 e. The number of fused-ring (bicyclic) bond motifs is 3. The number of carbonyl (C=O) groups is 2. The molecule has 6 aliphatic rings. The summed E-state index contributed by atoms with van der Waals surface area (Å²) in [6.45, 7) is 5.63. The van der Waals surface area contributed by atoms with Crippen LogP contribution in [0.1, 0.15) is 34.6 Å². The molecule has 0 aromatic heterocycles.